The van der Waals surface area contributed by atoms with Crippen LogP contribution in [0.4, 0.5) is 0 Å². The van der Waals surface area contributed by atoms with Crippen LogP contribution in [0.15, 0.2) is 16.8 Å². The highest BCUT2D eigenvalue weighted by molar-refractivity contribution is 7.07. The van der Waals surface area contributed by atoms with Gasteiger partial charge in [0.1, 0.15) is 0 Å². The minimum atomic E-state index is -0.440. The Kier molecular flexibility index (Phi) is 3.81. The highest BCUT2D eigenvalue weighted by Crippen LogP contribution is 2.14. The summed E-state index contributed by atoms with van der Waals surface area (Å²) in [7, 11) is 0. The molecule has 2 N–H and O–H groups in total. The molecule has 0 aliphatic heterocycles. The normalized spacial score (nSPS) is 12.3. The molecule has 1 atom stereocenters. The fourth-order valence-corrected chi connectivity index (χ4v) is 1.57. The third kappa shape index (κ3) is 2.67. The molecule has 1 heterocycles. The molecule has 1 aromatic rings. The molecule has 0 fully saturated rings. The molecular weight excluding hydrogens is 170 g/mol. The summed E-state index contributed by atoms with van der Waals surface area (Å²) in [6, 6.07) is 1.91. The van der Waals surface area contributed by atoms with Crippen molar-refractivity contribution in [1.82, 2.24) is 5.32 Å². The quantitative estimate of drug-likeness (QED) is 0.536. The Labute approximate surface area is 76.2 Å². The molecule has 0 spiro atoms. The maximum absolute atomic E-state index is 9.51. The largest absolute Gasteiger partial charge is 0.387 e. The van der Waals surface area contributed by atoms with Crippen LogP contribution in [-0.2, 0) is 0 Å². The lowest BCUT2D eigenvalue weighted by atomic mass is 10.2. The molecule has 1 unspecified atom stereocenters. The first-order chi connectivity index (χ1) is 5.84. The molecule has 1 aromatic heterocycles. The Morgan fingerprint density at radius 3 is 3.17 bits per heavy atom. The van der Waals surface area contributed by atoms with Crippen LogP contribution in [-0.4, -0.2) is 18.2 Å². The molecule has 0 aliphatic carbocycles. The highest BCUT2D eigenvalue weighted by Gasteiger charge is 2.05. The van der Waals surface area contributed by atoms with E-state index in [4.69, 9.17) is 6.42 Å². The Morgan fingerprint density at radius 1 is 1.75 bits per heavy atom. The number of nitrogens with one attached hydrogen (secondary N) is 1. The number of terminal acetylenes is 1. The number of hydrogen-bond donors (Lipinski definition) is 2. The van der Waals surface area contributed by atoms with Gasteiger partial charge in [-0.25, -0.2) is 0 Å². The molecule has 12 heavy (non-hydrogen) atoms. The van der Waals surface area contributed by atoms with Crippen molar-refractivity contribution in [3.05, 3.63) is 22.4 Å². The van der Waals surface area contributed by atoms with Crippen LogP contribution in [0.5, 0.6) is 0 Å². The average Bonchev–Trinajstić information content (AvgIpc) is 2.56. The first-order valence-electron chi connectivity index (χ1n) is 3.69. The summed E-state index contributed by atoms with van der Waals surface area (Å²) >= 11 is 1.58. The summed E-state index contributed by atoms with van der Waals surface area (Å²) in [4.78, 5) is 0. The number of aliphatic hydroxyl groups is 1. The molecule has 0 bridgehead atoms. The van der Waals surface area contributed by atoms with E-state index in [1.54, 1.807) is 11.3 Å². The number of thiophene rings is 1. The summed E-state index contributed by atoms with van der Waals surface area (Å²) in [6.07, 6.45) is 4.60. The Hall–Kier alpha value is -0.820. The molecule has 0 amide bonds. The Bertz CT molecular complexity index is 250. The van der Waals surface area contributed by atoms with Crippen LogP contribution in [0.2, 0.25) is 0 Å². The molecule has 0 saturated heterocycles. The van der Waals surface area contributed by atoms with E-state index in [1.165, 1.54) is 0 Å². The van der Waals surface area contributed by atoms with Gasteiger partial charge >= 0.3 is 0 Å². The van der Waals surface area contributed by atoms with E-state index in [0.717, 1.165) is 5.56 Å². The minimum Gasteiger partial charge on any atom is -0.387 e. The van der Waals surface area contributed by atoms with Crippen molar-refractivity contribution in [2.45, 2.75) is 6.10 Å². The standard InChI is InChI=1S/C9H11NOS/c1-2-4-10-6-9(11)8-3-5-12-7-8/h1,3,5,7,9-11H,4,6H2. The van der Waals surface area contributed by atoms with Crippen molar-refractivity contribution in [2.75, 3.05) is 13.1 Å². The summed E-state index contributed by atoms with van der Waals surface area (Å²) in [5.74, 6) is 2.45. The lowest BCUT2D eigenvalue weighted by Gasteiger charge is -2.07. The molecule has 0 aromatic carbocycles. The third-order valence-electron chi connectivity index (χ3n) is 1.49. The summed E-state index contributed by atoms with van der Waals surface area (Å²) < 4.78 is 0. The van der Waals surface area contributed by atoms with Crippen LogP contribution < -0.4 is 5.32 Å². The molecule has 1 rings (SSSR count). The van der Waals surface area contributed by atoms with Gasteiger partial charge < -0.3 is 10.4 Å². The van der Waals surface area contributed by atoms with Gasteiger partial charge in [0.2, 0.25) is 0 Å². The minimum absolute atomic E-state index is 0.440. The van der Waals surface area contributed by atoms with Crippen LogP contribution in [0.3, 0.4) is 0 Å². The van der Waals surface area contributed by atoms with Gasteiger partial charge in [-0.2, -0.15) is 11.3 Å². The molecule has 0 aliphatic rings. The van der Waals surface area contributed by atoms with Gasteiger partial charge in [0.15, 0.2) is 0 Å². The first-order valence-corrected chi connectivity index (χ1v) is 4.63. The van der Waals surface area contributed by atoms with Gasteiger partial charge in [-0.1, -0.05) is 5.92 Å². The molecule has 2 nitrogen and oxygen atoms in total. The zero-order valence-corrected chi connectivity index (χ0v) is 7.47. The Morgan fingerprint density at radius 2 is 2.58 bits per heavy atom. The van der Waals surface area contributed by atoms with E-state index in [1.807, 2.05) is 16.8 Å². The maximum Gasteiger partial charge on any atom is 0.0922 e. The van der Waals surface area contributed by atoms with Crippen molar-refractivity contribution in [1.29, 1.82) is 0 Å². The van der Waals surface area contributed by atoms with E-state index in [-0.39, 0.29) is 0 Å². The Balaban J connectivity index is 2.30. The second-order valence-corrected chi connectivity index (χ2v) is 3.19. The van der Waals surface area contributed by atoms with Crippen LogP contribution in [0, 0.1) is 12.3 Å². The van der Waals surface area contributed by atoms with Crippen molar-refractivity contribution >= 4 is 11.3 Å². The van der Waals surface area contributed by atoms with Crippen LogP contribution in [0.25, 0.3) is 0 Å². The lowest BCUT2D eigenvalue weighted by molar-refractivity contribution is 0.177. The van der Waals surface area contributed by atoms with Crippen molar-refractivity contribution in [3.63, 3.8) is 0 Å². The van der Waals surface area contributed by atoms with Gasteiger partial charge in [-0.15, -0.1) is 6.42 Å². The van der Waals surface area contributed by atoms with Gasteiger partial charge in [-0.3, -0.25) is 0 Å². The van der Waals surface area contributed by atoms with Gasteiger partial charge in [0, 0.05) is 6.54 Å². The smallest absolute Gasteiger partial charge is 0.0922 e. The number of hydrogen-bond acceptors (Lipinski definition) is 3. The van der Waals surface area contributed by atoms with Crippen molar-refractivity contribution in [3.8, 4) is 12.3 Å². The fraction of sp³-hybridized carbons (Fsp3) is 0.333. The van der Waals surface area contributed by atoms with Gasteiger partial charge in [0.25, 0.3) is 0 Å². The van der Waals surface area contributed by atoms with Crippen molar-refractivity contribution in [2.24, 2.45) is 0 Å². The van der Waals surface area contributed by atoms with E-state index in [9.17, 15) is 5.11 Å². The average molecular weight is 181 g/mol. The number of aliphatic hydroxyl groups excluding tert-OH is 1. The van der Waals surface area contributed by atoms with Crippen LogP contribution >= 0.6 is 11.3 Å². The first kappa shape index (κ1) is 9.27. The van der Waals surface area contributed by atoms with Gasteiger partial charge in [0.05, 0.1) is 12.6 Å². The molecule has 0 radical (unpaired) electrons. The fourth-order valence-electron chi connectivity index (χ4n) is 0.864. The zero-order valence-electron chi connectivity index (χ0n) is 6.66. The highest BCUT2D eigenvalue weighted by atomic mass is 32.1. The van der Waals surface area contributed by atoms with E-state index in [0.29, 0.717) is 13.1 Å². The van der Waals surface area contributed by atoms with Crippen molar-refractivity contribution < 1.29 is 5.11 Å². The zero-order chi connectivity index (χ0) is 8.81. The molecule has 3 heteroatoms. The molecular formula is C9H11NOS. The summed E-state index contributed by atoms with van der Waals surface area (Å²) in [5.41, 5.74) is 0.949. The lowest BCUT2D eigenvalue weighted by Crippen LogP contribution is -2.21. The summed E-state index contributed by atoms with van der Waals surface area (Å²) in [6.45, 7) is 1.02. The predicted molar refractivity (Wildman–Crippen MR) is 51.0 cm³/mol. The third-order valence-corrected chi connectivity index (χ3v) is 2.19. The SMILES string of the molecule is C#CCNCC(O)c1ccsc1. The molecule has 0 saturated carbocycles. The predicted octanol–water partition coefficient (Wildman–Crippen LogP) is 1.00. The second kappa shape index (κ2) is 4.94. The second-order valence-electron chi connectivity index (χ2n) is 2.41. The number of rotatable bonds is 4. The van der Waals surface area contributed by atoms with E-state index >= 15 is 0 Å². The molecule has 64 valence electrons. The summed E-state index contributed by atoms with van der Waals surface area (Å²) in [5, 5.41) is 16.3. The topological polar surface area (TPSA) is 32.3 Å². The van der Waals surface area contributed by atoms with Gasteiger partial charge in [-0.05, 0) is 22.4 Å². The van der Waals surface area contributed by atoms with E-state index in [2.05, 4.69) is 11.2 Å². The maximum atomic E-state index is 9.51. The van der Waals surface area contributed by atoms with Crippen LogP contribution in [0.1, 0.15) is 11.7 Å². The van der Waals surface area contributed by atoms with E-state index < -0.39 is 6.10 Å². The monoisotopic (exact) mass is 181 g/mol.